The number of hydrogen-bond donors (Lipinski definition) is 1. The third-order valence-electron chi connectivity index (χ3n) is 5.12. The molecule has 2 heterocycles. The molecule has 0 saturated heterocycles. The number of aromatic nitrogens is 4. The number of hydrogen-bond acceptors (Lipinski definition) is 4. The lowest BCUT2D eigenvalue weighted by molar-refractivity contribution is 0.438. The average Bonchev–Trinajstić information content (AvgIpc) is 3.24. The molecule has 5 rings (SSSR count). The molecule has 1 aliphatic rings. The van der Waals surface area contributed by atoms with Gasteiger partial charge in [0.15, 0.2) is 5.65 Å². The van der Waals surface area contributed by atoms with E-state index in [4.69, 9.17) is 5.73 Å². The topological polar surface area (TPSA) is 69.6 Å². The van der Waals surface area contributed by atoms with E-state index < -0.39 is 0 Å². The molecule has 136 valence electrons. The molecule has 7 heteroatoms. The number of halogens is 2. The molecule has 0 fully saturated rings. The molecule has 0 radical (unpaired) electrons. The van der Waals surface area contributed by atoms with E-state index in [0.29, 0.717) is 11.5 Å². The van der Waals surface area contributed by atoms with Gasteiger partial charge in [0.25, 0.3) is 0 Å². The van der Waals surface area contributed by atoms with Crippen molar-refractivity contribution in [3.05, 3.63) is 83.6 Å². The molecule has 0 bridgehead atoms. The zero-order chi connectivity index (χ0) is 17.7. The lowest BCUT2D eigenvalue weighted by Crippen LogP contribution is -2.16. The predicted molar refractivity (Wildman–Crippen MR) is 104 cm³/mol. The van der Waals surface area contributed by atoms with Gasteiger partial charge < -0.3 is 5.73 Å². The Morgan fingerprint density at radius 2 is 1.93 bits per heavy atom. The summed E-state index contributed by atoms with van der Waals surface area (Å²) in [5.74, 6) is 0.204. The van der Waals surface area contributed by atoms with Gasteiger partial charge in [0, 0.05) is 12.1 Å². The summed E-state index contributed by atoms with van der Waals surface area (Å²) >= 11 is 0. The van der Waals surface area contributed by atoms with Gasteiger partial charge in [-0.2, -0.15) is 5.10 Å². The highest BCUT2D eigenvalue weighted by molar-refractivity contribution is 5.85. The van der Waals surface area contributed by atoms with Crippen LogP contribution in [0.3, 0.4) is 0 Å². The summed E-state index contributed by atoms with van der Waals surface area (Å²) in [7, 11) is 0. The number of benzene rings is 2. The summed E-state index contributed by atoms with van der Waals surface area (Å²) in [6.07, 6.45) is 4.13. The van der Waals surface area contributed by atoms with Crippen molar-refractivity contribution in [2.45, 2.75) is 18.4 Å². The van der Waals surface area contributed by atoms with Crippen molar-refractivity contribution in [1.82, 2.24) is 19.7 Å². The minimum Gasteiger partial charge on any atom is -0.383 e. The lowest BCUT2D eigenvalue weighted by Gasteiger charge is -2.21. The second-order valence-electron chi connectivity index (χ2n) is 6.61. The summed E-state index contributed by atoms with van der Waals surface area (Å²) in [5.41, 5.74) is 9.95. The van der Waals surface area contributed by atoms with Crippen LogP contribution in [0.4, 0.5) is 10.2 Å². The Kier molecular flexibility index (Phi) is 4.28. The van der Waals surface area contributed by atoms with Crippen LogP contribution in [0.15, 0.2) is 61.1 Å². The summed E-state index contributed by atoms with van der Waals surface area (Å²) in [4.78, 5) is 8.25. The van der Waals surface area contributed by atoms with Gasteiger partial charge in [-0.15, -0.1) is 12.4 Å². The predicted octanol–water partition coefficient (Wildman–Crippen LogP) is 3.90. The molecule has 1 aliphatic carbocycles. The van der Waals surface area contributed by atoms with Crippen molar-refractivity contribution in [1.29, 1.82) is 0 Å². The average molecular weight is 382 g/mol. The van der Waals surface area contributed by atoms with Crippen LogP contribution in [0.5, 0.6) is 0 Å². The first-order chi connectivity index (χ1) is 12.7. The number of anilines is 1. The van der Waals surface area contributed by atoms with Gasteiger partial charge in [-0.05, 0) is 35.2 Å². The van der Waals surface area contributed by atoms with Crippen molar-refractivity contribution in [3.63, 3.8) is 0 Å². The van der Waals surface area contributed by atoms with Crippen LogP contribution in [0.1, 0.15) is 28.7 Å². The van der Waals surface area contributed by atoms with E-state index in [2.05, 4.69) is 27.2 Å². The van der Waals surface area contributed by atoms with E-state index >= 15 is 0 Å². The van der Waals surface area contributed by atoms with Crippen LogP contribution in [0.2, 0.25) is 0 Å². The third kappa shape index (κ3) is 2.82. The number of fused-ring (bicyclic) bond motifs is 2. The standard InChI is InChI=1S/C20H16FN5.ClH/c21-14-6-3-5-13(8-14)18-15-7-2-1-4-12(15)9-17(18)26-10-16-19(22)23-11-24-20(16)25-26;/h1-8,10-11,17-18H,9H2,(H2,22,23,24,25);1H. The Morgan fingerprint density at radius 1 is 1.07 bits per heavy atom. The second kappa shape index (κ2) is 6.63. The summed E-state index contributed by atoms with van der Waals surface area (Å²) in [5, 5.41) is 5.37. The molecule has 2 aromatic carbocycles. The highest BCUT2D eigenvalue weighted by Crippen LogP contribution is 2.45. The molecule has 2 unspecified atom stereocenters. The molecule has 0 spiro atoms. The van der Waals surface area contributed by atoms with Crippen molar-refractivity contribution in [2.24, 2.45) is 0 Å². The van der Waals surface area contributed by atoms with E-state index in [1.807, 2.05) is 29.1 Å². The van der Waals surface area contributed by atoms with Gasteiger partial charge in [-0.25, -0.2) is 14.4 Å². The molecule has 2 N–H and O–H groups in total. The first-order valence-electron chi connectivity index (χ1n) is 8.49. The molecule has 0 saturated carbocycles. The fraction of sp³-hybridized carbons (Fsp3) is 0.150. The summed E-state index contributed by atoms with van der Waals surface area (Å²) in [6.45, 7) is 0. The van der Waals surface area contributed by atoms with E-state index in [1.165, 1.54) is 23.5 Å². The largest absolute Gasteiger partial charge is 0.383 e. The Labute approximate surface area is 161 Å². The Bertz CT molecular complexity index is 1130. The lowest BCUT2D eigenvalue weighted by atomic mass is 9.90. The molecule has 0 aliphatic heterocycles. The van der Waals surface area contributed by atoms with E-state index in [-0.39, 0.29) is 30.2 Å². The first-order valence-corrected chi connectivity index (χ1v) is 8.49. The van der Waals surface area contributed by atoms with Gasteiger partial charge in [-0.1, -0.05) is 36.4 Å². The molecular weight excluding hydrogens is 365 g/mol. The number of nitrogens with two attached hydrogens (primary N) is 1. The molecule has 2 aromatic heterocycles. The van der Waals surface area contributed by atoms with Crippen LogP contribution >= 0.6 is 12.4 Å². The fourth-order valence-corrected chi connectivity index (χ4v) is 3.97. The maximum Gasteiger partial charge on any atom is 0.186 e. The minimum atomic E-state index is -0.230. The van der Waals surface area contributed by atoms with Gasteiger partial charge in [0.05, 0.1) is 11.4 Å². The number of nitrogen functional groups attached to an aromatic ring is 1. The quantitative estimate of drug-likeness (QED) is 0.571. The Morgan fingerprint density at radius 3 is 2.74 bits per heavy atom. The molecule has 4 aromatic rings. The van der Waals surface area contributed by atoms with Crippen molar-refractivity contribution >= 4 is 29.3 Å². The minimum absolute atomic E-state index is 0. The van der Waals surface area contributed by atoms with Crippen LogP contribution < -0.4 is 5.73 Å². The van der Waals surface area contributed by atoms with Gasteiger partial charge in [0.2, 0.25) is 0 Å². The van der Waals surface area contributed by atoms with Crippen molar-refractivity contribution in [3.8, 4) is 0 Å². The van der Waals surface area contributed by atoms with Gasteiger partial charge in [-0.3, -0.25) is 4.68 Å². The van der Waals surface area contributed by atoms with E-state index in [9.17, 15) is 4.39 Å². The van der Waals surface area contributed by atoms with Crippen LogP contribution in [-0.2, 0) is 6.42 Å². The van der Waals surface area contributed by atoms with E-state index in [1.54, 1.807) is 12.1 Å². The van der Waals surface area contributed by atoms with Crippen LogP contribution in [0.25, 0.3) is 11.0 Å². The summed E-state index contributed by atoms with van der Waals surface area (Å²) in [6, 6.07) is 15.1. The fourth-order valence-electron chi connectivity index (χ4n) is 3.97. The highest BCUT2D eigenvalue weighted by atomic mass is 35.5. The van der Waals surface area contributed by atoms with E-state index in [0.717, 1.165) is 17.4 Å². The van der Waals surface area contributed by atoms with Crippen molar-refractivity contribution in [2.75, 3.05) is 5.73 Å². The van der Waals surface area contributed by atoms with Crippen LogP contribution in [-0.4, -0.2) is 19.7 Å². The zero-order valence-corrected chi connectivity index (χ0v) is 15.1. The Balaban J connectivity index is 0.00000180. The number of rotatable bonds is 2. The maximum atomic E-state index is 13.9. The molecule has 5 nitrogen and oxygen atoms in total. The molecule has 27 heavy (non-hydrogen) atoms. The first kappa shape index (κ1) is 17.4. The smallest absolute Gasteiger partial charge is 0.186 e. The highest BCUT2D eigenvalue weighted by Gasteiger charge is 2.35. The van der Waals surface area contributed by atoms with Gasteiger partial charge >= 0.3 is 0 Å². The SMILES string of the molecule is Cl.Nc1ncnc2nn(C3Cc4ccccc4C3c3cccc(F)c3)cc12. The normalized spacial score (nSPS) is 18.3. The zero-order valence-electron chi connectivity index (χ0n) is 14.3. The maximum absolute atomic E-state index is 13.9. The molecular formula is C20H17ClFN5. The Hall–Kier alpha value is -2.99. The monoisotopic (exact) mass is 381 g/mol. The molecule has 0 amide bonds. The number of nitrogens with zero attached hydrogens (tertiary/aromatic N) is 4. The van der Waals surface area contributed by atoms with Crippen LogP contribution in [0, 0.1) is 5.82 Å². The van der Waals surface area contributed by atoms with Crippen molar-refractivity contribution < 1.29 is 4.39 Å². The second-order valence-corrected chi connectivity index (χ2v) is 6.61. The molecule has 2 atom stereocenters. The summed E-state index contributed by atoms with van der Waals surface area (Å²) < 4.78 is 15.8. The van der Waals surface area contributed by atoms with Gasteiger partial charge in [0.1, 0.15) is 18.0 Å². The third-order valence-corrected chi connectivity index (χ3v) is 5.12.